The Morgan fingerprint density at radius 1 is 0.875 bits per heavy atom. The quantitative estimate of drug-likeness (QED) is 0.743. The van der Waals surface area contributed by atoms with Crippen LogP contribution in [0.2, 0.25) is 0 Å². The second-order valence-electron chi connectivity index (χ2n) is 10.4. The molecule has 0 aliphatic heterocycles. The molecule has 4 aliphatic rings. The van der Waals surface area contributed by atoms with Gasteiger partial charge in [0.25, 0.3) is 0 Å². The fourth-order valence-corrected chi connectivity index (χ4v) is 7.84. The predicted octanol–water partition coefficient (Wildman–Crippen LogP) is 4.48. The minimum absolute atomic E-state index is 0.0242. The number of carboxylic acids is 1. The summed E-state index contributed by atoms with van der Waals surface area (Å²) in [5.74, 6) is 2.05. The Labute approximate surface area is 146 Å². The van der Waals surface area contributed by atoms with Crippen molar-refractivity contribution in [3.63, 3.8) is 0 Å². The van der Waals surface area contributed by atoms with E-state index in [9.17, 15) is 15.0 Å². The molecule has 24 heavy (non-hydrogen) atoms. The van der Waals surface area contributed by atoms with Crippen LogP contribution in [0.1, 0.15) is 78.6 Å². The van der Waals surface area contributed by atoms with Gasteiger partial charge in [-0.3, -0.25) is 4.79 Å². The second-order valence-corrected chi connectivity index (χ2v) is 10.4. The van der Waals surface area contributed by atoms with Gasteiger partial charge in [0.05, 0.1) is 11.5 Å². The second kappa shape index (κ2) is 5.22. The molecule has 0 saturated heterocycles. The Kier molecular flexibility index (Phi) is 3.67. The van der Waals surface area contributed by atoms with Crippen LogP contribution in [0.25, 0.3) is 0 Å². The summed E-state index contributed by atoms with van der Waals surface area (Å²) in [4.78, 5) is 11.8. The number of fused-ring (bicyclic) bond motifs is 5. The van der Waals surface area contributed by atoms with E-state index in [0.717, 1.165) is 50.4 Å². The average Bonchev–Trinajstić information content (AvgIpc) is 2.85. The van der Waals surface area contributed by atoms with Crippen molar-refractivity contribution in [2.75, 3.05) is 0 Å². The fraction of sp³-hybridized carbons (Fsp3) is 0.952. The average molecular weight is 335 g/mol. The standard InChI is InChI=1S/C21H34O3/c1-19(24)10-11-20(2)13(12-19)4-5-14-15-6-7-17(18(22)23)21(15,3)9-8-16(14)20/h13-17,24H,4-12H2,1-3H3,(H,22,23)/t13?,14-,15-,16+,17?,19?,20-,21-/m0/s1. The molecule has 0 bridgehead atoms. The third kappa shape index (κ3) is 2.22. The van der Waals surface area contributed by atoms with Crippen molar-refractivity contribution < 1.29 is 15.0 Å². The minimum atomic E-state index is -0.563. The summed E-state index contributed by atoms with van der Waals surface area (Å²) in [5, 5.41) is 20.2. The van der Waals surface area contributed by atoms with Crippen LogP contribution in [0.15, 0.2) is 0 Å². The van der Waals surface area contributed by atoms with Gasteiger partial charge in [0.2, 0.25) is 0 Å². The number of aliphatic hydroxyl groups is 1. The van der Waals surface area contributed by atoms with Crippen molar-refractivity contribution in [2.45, 2.75) is 84.2 Å². The molecule has 4 aliphatic carbocycles. The van der Waals surface area contributed by atoms with Crippen molar-refractivity contribution in [1.82, 2.24) is 0 Å². The molecule has 0 aromatic carbocycles. The number of rotatable bonds is 1. The SMILES string of the molecule is CC1(O)CC[C@@]2(C)C(CC[C@@H]3[C@H]2CC[C@]2(C)C(C(=O)O)CC[C@@H]32)C1. The normalized spacial score (nSPS) is 56.9. The van der Waals surface area contributed by atoms with Crippen LogP contribution in [-0.4, -0.2) is 21.8 Å². The number of carboxylic acid groups (broad SMARTS) is 1. The highest BCUT2D eigenvalue weighted by Crippen LogP contribution is 2.67. The number of aliphatic carboxylic acids is 1. The summed E-state index contributed by atoms with van der Waals surface area (Å²) in [7, 11) is 0. The highest BCUT2D eigenvalue weighted by Gasteiger charge is 2.61. The van der Waals surface area contributed by atoms with Gasteiger partial charge < -0.3 is 10.2 Å². The monoisotopic (exact) mass is 334 g/mol. The van der Waals surface area contributed by atoms with Crippen molar-refractivity contribution in [1.29, 1.82) is 0 Å². The number of hydrogen-bond acceptors (Lipinski definition) is 2. The molecule has 3 nitrogen and oxygen atoms in total. The van der Waals surface area contributed by atoms with Crippen LogP contribution in [0.3, 0.4) is 0 Å². The number of carbonyl (C=O) groups is 1. The summed E-state index contributed by atoms with van der Waals surface area (Å²) in [6.07, 6.45) is 9.84. The molecule has 0 radical (unpaired) electrons. The molecule has 2 N–H and O–H groups in total. The smallest absolute Gasteiger partial charge is 0.307 e. The first-order valence-electron chi connectivity index (χ1n) is 10.1. The van der Waals surface area contributed by atoms with E-state index in [1.807, 2.05) is 6.92 Å². The van der Waals surface area contributed by atoms with Gasteiger partial charge in [0.1, 0.15) is 0 Å². The fourth-order valence-electron chi connectivity index (χ4n) is 7.84. The molecule has 0 aromatic rings. The van der Waals surface area contributed by atoms with Gasteiger partial charge >= 0.3 is 5.97 Å². The summed E-state index contributed by atoms with van der Waals surface area (Å²) >= 11 is 0. The molecule has 0 spiro atoms. The third-order valence-electron chi connectivity index (χ3n) is 9.25. The minimum Gasteiger partial charge on any atom is -0.481 e. The van der Waals surface area contributed by atoms with Gasteiger partial charge in [-0.25, -0.2) is 0 Å². The summed E-state index contributed by atoms with van der Waals surface area (Å²) in [6, 6.07) is 0. The van der Waals surface area contributed by atoms with Crippen molar-refractivity contribution in [3.05, 3.63) is 0 Å². The van der Waals surface area contributed by atoms with Gasteiger partial charge in [-0.05, 0) is 99.2 Å². The van der Waals surface area contributed by atoms with Crippen LogP contribution in [0.5, 0.6) is 0 Å². The molecule has 8 atom stereocenters. The first kappa shape index (κ1) is 16.9. The van der Waals surface area contributed by atoms with Gasteiger partial charge in [-0.2, -0.15) is 0 Å². The van der Waals surface area contributed by atoms with Gasteiger partial charge in [0.15, 0.2) is 0 Å². The molecule has 3 heteroatoms. The van der Waals surface area contributed by atoms with E-state index in [2.05, 4.69) is 13.8 Å². The summed E-state index contributed by atoms with van der Waals surface area (Å²) in [6.45, 7) is 6.79. The van der Waals surface area contributed by atoms with Crippen LogP contribution in [0.4, 0.5) is 0 Å². The van der Waals surface area contributed by atoms with Gasteiger partial charge in [-0.15, -0.1) is 0 Å². The maximum Gasteiger partial charge on any atom is 0.307 e. The van der Waals surface area contributed by atoms with Crippen LogP contribution < -0.4 is 0 Å². The first-order chi connectivity index (χ1) is 11.2. The predicted molar refractivity (Wildman–Crippen MR) is 93.5 cm³/mol. The Morgan fingerprint density at radius 3 is 2.29 bits per heavy atom. The summed E-state index contributed by atoms with van der Waals surface area (Å²) in [5.41, 5.74) is -0.0773. The molecular formula is C21H34O3. The molecule has 136 valence electrons. The molecule has 0 heterocycles. The van der Waals surface area contributed by atoms with E-state index >= 15 is 0 Å². The Morgan fingerprint density at radius 2 is 1.58 bits per heavy atom. The molecule has 4 saturated carbocycles. The lowest BCUT2D eigenvalue weighted by Crippen LogP contribution is -2.55. The van der Waals surface area contributed by atoms with Crippen molar-refractivity contribution >= 4 is 5.97 Å². The lowest BCUT2D eigenvalue weighted by molar-refractivity contribution is -0.159. The molecule has 4 rings (SSSR count). The van der Waals surface area contributed by atoms with Crippen LogP contribution in [-0.2, 0) is 4.79 Å². The Hall–Kier alpha value is -0.570. The van der Waals surface area contributed by atoms with E-state index in [1.165, 1.54) is 19.3 Å². The molecule has 3 unspecified atom stereocenters. The van der Waals surface area contributed by atoms with E-state index in [0.29, 0.717) is 17.3 Å². The molecule has 4 fully saturated rings. The maximum atomic E-state index is 11.8. The third-order valence-corrected chi connectivity index (χ3v) is 9.25. The van der Waals surface area contributed by atoms with E-state index < -0.39 is 11.6 Å². The maximum absolute atomic E-state index is 11.8. The van der Waals surface area contributed by atoms with E-state index in [-0.39, 0.29) is 11.3 Å². The molecular weight excluding hydrogens is 300 g/mol. The number of hydrogen-bond donors (Lipinski definition) is 2. The lowest BCUT2D eigenvalue weighted by Gasteiger charge is -2.61. The van der Waals surface area contributed by atoms with Crippen LogP contribution >= 0.6 is 0 Å². The summed E-state index contributed by atoms with van der Waals surface area (Å²) < 4.78 is 0. The van der Waals surface area contributed by atoms with Gasteiger partial charge in [0, 0.05) is 0 Å². The highest BCUT2D eigenvalue weighted by molar-refractivity contribution is 5.71. The first-order valence-corrected chi connectivity index (χ1v) is 10.1. The molecule has 0 amide bonds. The Balaban J connectivity index is 1.61. The lowest BCUT2D eigenvalue weighted by atomic mass is 9.44. The molecule has 0 aromatic heterocycles. The van der Waals surface area contributed by atoms with E-state index in [4.69, 9.17) is 0 Å². The highest BCUT2D eigenvalue weighted by atomic mass is 16.4. The Bertz CT molecular complexity index is 541. The van der Waals surface area contributed by atoms with Crippen molar-refractivity contribution in [3.8, 4) is 0 Å². The topological polar surface area (TPSA) is 57.5 Å². The largest absolute Gasteiger partial charge is 0.481 e. The zero-order valence-corrected chi connectivity index (χ0v) is 15.6. The van der Waals surface area contributed by atoms with E-state index in [1.54, 1.807) is 0 Å². The van der Waals surface area contributed by atoms with Crippen LogP contribution in [0, 0.1) is 40.4 Å². The zero-order valence-electron chi connectivity index (χ0n) is 15.6. The van der Waals surface area contributed by atoms with Gasteiger partial charge in [-0.1, -0.05) is 13.8 Å². The van der Waals surface area contributed by atoms with Crippen molar-refractivity contribution in [2.24, 2.45) is 40.4 Å². The zero-order chi connectivity index (χ0) is 17.3.